The first-order valence-electron chi connectivity index (χ1n) is 5.78. The number of carboxylic acids is 1. The molecule has 0 spiro atoms. The fourth-order valence-electron chi connectivity index (χ4n) is 1.71. The maximum absolute atomic E-state index is 10.9. The van der Waals surface area contributed by atoms with Gasteiger partial charge in [0.25, 0.3) is 5.69 Å². The highest BCUT2D eigenvalue weighted by Gasteiger charge is 2.15. The molecule has 0 amide bonds. The Morgan fingerprint density at radius 2 is 2.19 bits per heavy atom. The number of hydrogen-bond donors (Lipinski definition) is 1. The van der Waals surface area contributed by atoms with Gasteiger partial charge in [0, 0.05) is 12.1 Å². The Kier molecular flexibility index (Phi) is 4.13. The number of furan rings is 1. The maximum atomic E-state index is 10.9. The number of carboxylic acid groups (broad SMARTS) is 1. The highest BCUT2D eigenvalue weighted by atomic mass is 35.5. The zero-order valence-corrected chi connectivity index (χ0v) is 11.6. The fourth-order valence-corrected chi connectivity index (χ4v) is 1.95. The molecule has 0 bridgehead atoms. The van der Waals surface area contributed by atoms with Gasteiger partial charge in [0.2, 0.25) is 0 Å². The molecule has 110 valence electrons. The van der Waals surface area contributed by atoms with Crippen LogP contribution in [-0.4, -0.2) is 16.0 Å². The molecular formula is C13H10ClNO6. The lowest BCUT2D eigenvalue weighted by Crippen LogP contribution is -1.96. The van der Waals surface area contributed by atoms with Crippen LogP contribution in [0, 0.1) is 17.0 Å². The van der Waals surface area contributed by atoms with Crippen LogP contribution in [0.3, 0.4) is 0 Å². The zero-order valence-electron chi connectivity index (χ0n) is 10.8. The van der Waals surface area contributed by atoms with Gasteiger partial charge in [-0.3, -0.25) is 10.1 Å². The Morgan fingerprint density at radius 3 is 2.71 bits per heavy atom. The average molecular weight is 312 g/mol. The van der Waals surface area contributed by atoms with Gasteiger partial charge < -0.3 is 14.3 Å². The van der Waals surface area contributed by atoms with E-state index in [0.29, 0.717) is 11.5 Å². The van der Waals surface area contributed by atoms with Crippen molar-refractivity contribution in [3.05, 3.63) is 56.5 Å². The molecule has 1 N–H and O–H groups in total. The summed E-state index contributed by atoms with van der Waals surface area (Å²) in [5, 5.41) is 19.5. The SMILES string of the molecule is Cc1oc(COc2ccc([N+](=O)[O-])c(Cl)c2)cc1C(=O)O. The van der Waals surface area contributed by atoms with E-state index >= 15 is 0 Å². The zero-order chi connectivity index (χ0) is 15.6. The first-order chi connectivity index (χ1) is 9.88. The van der Waals surface area contributed by atoms with Crippen molar-refractivity contribution >= 4 is 23.3 Å². The second kappa shape index (κ2) is 5.84. The minimum atomic E-state index is -1.08. The van der Waals surface area contributed by atoms with Crippen LogP contribution >= 0.6 is 11.6 Å². The van der Waals surface area contributed by atoms with Gasteiger partial charge in [-0.2, -0.15) is 0 Å². The average Bonchev–Trinajstić information content (AvgIpc) is 2.77. The molecular weight excluding hydrogens is 302 g/mol. The molecule has 1 aromatic carbocycles. The number of nitrogens with zero attached hydrogens (tertiary/aromatic N) is 1. The summed E-state index contributed by atoms with van der Waals surface area (Å²) in [6, 6.07) is 5.31. The van der Waals surface area contributed by atoms with Gasteiger partial charge in [0.15, 0.2) is 0 Å². The van der Waals surface area contributed by atoms with Crippen molar-refractivity contribution < 1.29 is 24.0 Å². The maximum Gasteiger partial charge on any atom is 0.339 e. The Labute approximate surface area is 123 Å². The summed E-state index contributed by atoms with van der Waals surface area (Å²) in [6.07, 6.45) is 0. The van der Waals surface area contributed by atoms with Gasteiger partial charge in [-0.25, -0.2) is 4.79 Å². The topological polar surface area (TPSA) is 103 Å². The number of benzene rings is 1. The molecule has 0 saturated carbocycles. The van der Waals surface area contributed by atoms with Crippen molar-refractivity contribution in [1.29, 1.82) is 0 Å². The highest BCUT2D eigenvalue weighted by molar-refractivity contribution is 6.32. The molecule has 2 rings (SSSR count). The standard InChI is InChI=1S/C13H10ClNO6/c1-7-10(13(16)17)4-9(21-7)6-20-8-2-3-12(15(18)19)11(14)5-8/h2-5H,6H2,1H3,(H,16,17). The van der Waals surface area contributed by atoms with E-state index in [1.807, 2.05) is 0 Å². The predicted molar refractivity (Wildman–Crippen MR) is 72.8 cm³/mol. The molecule has 0 aliphatic heterocycles. The van der Waals surface area contributed by atoms with Crippen LogP contribution in [-0.2, 0) is 6.61 Å². The van der Waals surface area contributed by atoms with E-state index in [1.54, 1.807) is 0 Å². The number of nitro groups is 1. The van der Waals surface area contributed by atoms with Crippen molar-refractivity contribution in [2.75, 3.05) is 0 Å². The molecule has 0 aliphatic rings. The molecule has 0 aliphatic carbocycles. The van der Waals surface area contributed by atoms with Crippen molar-refractivity contribution in [1.82, 2.24) is 0 Å². The summed E-state index contributed by atoms with van der Waals surface area (Å²) in [5.74, 6) is -0.153. The third kappa shape index (κ3) is 3.32. The molecule has 21 heavy (non-hydrogen) atoms. The minimum absolute atomic E-state index is 0.0116. The lowest BCUT2D eigenvalue weighted by molar-refractivity contribution is -0.384. The summed E-state index contributed by atoms with van der Waals surface area (Å²) >= 11 is 5.75. The van der Waals surface area contributed by atoms with E-state index in [1.165, 1.54) is 31.2 Å². The molecule has 7 nitrogen and oxygen atoms in total. The summed E-state index contributed by atoms with van der Waals surface area (Å²) in [6.45, 7) is 1.53. The van der Waals surface area contributed by atoms with Crippen LogP contribution in [0.1, 0.15) is 21.9 Å². The van der Waals surface area contributed by atoms with Crippen molar-refractivity contribution in [2.24, 2.45) is 0 Å². The Bertz CT molecular complexity index is 709. The molecule has 0 unspecified atom stereocenters. The molecule has 1 aromatic heterocycles. The smallest absolute Gasteiger partial charge is 0.339 e. The minimum Gasteiger partial charge on any atom is -0.486 e. The molecule has 1 heterocycles. The number of carbonyl (C=O) groups is 1. The Balaban J connectivity index is 2.10. The summed E-state index contributed by atoms with van der Waals surface area (Å²) < 4.78 is 10.6. The fraction of sp³-hybridized carbons (Fsp3) is 0.154. The van der Waals surface area contributed by atoms with Gasteiger partial charge in [0.05, 0.1) is 4.92 Å². The van der Waals surface area contributed by atoms with Gasteiger partial charge in [-0.05, 0) is 19.1 Å². The van der Waals surface area contributed by atoms with Crippen molar-refractivity contribution in [3.63, 3.8) is 0 Å². The Hall–Kier alpha value is -2.54. The molecule has 0 radical (unpaired) electrons. The van der Waals surface area contributed by atoms with E-state index in [9.17, 15) is 14.9 Å². The van der Waals surface area contributed by atoms with E-state index in [4.69, 9.17) is 25.9 Å². The molecule has 0 saturated heterocycles. The molecule has 0 fully saturated rings. The summed E-state index contributed by atoms with van der Waals surface area (Å²) in [4.78, 5) is 20.9. The van der Waals surface area contributed by atoms with Crippen molar-refractivity contribution in [2.45, 2.75) is 13.5 Å². The number of aryl methyl sites for hydroxylation is 1. The molecule has 2 aromatic rings. The largest absolute Gasteiger partial charge is 0.486 e. The van der Waals surface area contributed by atoms with Gasteiger partial charge in [-0.15, -0.1) is 0 Å². The van der Waals surface area contributed by atoms with Crippen LogP contribution in [0.2, 0.25) is 5.02 Å². The number of hydrogen-bond acceptors (Lipinski definition) is 5. The monoisotopic (exact) mass is 311 g/mol. The van der Waals surface area contributed by atoms with E-state index in [-0.39, 0.29) is 28.6 Å². The lowest BCUT2D eigenvalue weighted by atomic mass is 10.2. The van der Waals surface area contributed by atoms with Crippen LogP contribution in [0.15, 0.2) is 28.7 Å². The van der Waals surface area contributed by atoms with E-state index in [2.05, 4.69) is 0 Å². The number of ether oxygens (including phenoxy) is 1. The second-order valence-corrected chi connectivity index (χ2v) is 4.55. The van der Waals surface area contributed by atoms with Crippen LogP contribution < -0.4 is 4.74 Å². The third-order valence-electron chi connectivity index (χ3n) is 2.70. The van der Waals surface area contributed by atoms with Gasteiger partial charge >= 0.3 is 5.97 Å². The van der Waals surface area contributed by atoms with E-state index in [0.717, 1.165) is 0 Å². The van der Waals surface area contributed by atoms with Crippen LogP contribution in [0.4, 0.5) is 5.69 Å². The van der Waals surface area contributed by atoms with Gasteiger partial charge in [-0.1, -0.05) is 11.6 Å². The predicted octanol–water partition coefficient (Wildman–Crippen LogP) is 3.43. The highest BCUT2D eigenvalue weighted by Crippen LogP contribution is 2.29. The summed E-state index contributed by atoms with van der Waals surface area (Å²) in [7, 11) is 0. The number of halogens is 1. The first-order valence-corrected chi connectivity index (χ1v) is 6.15. The number of aromatic carboxylic acids is 1. The van der Waals surface area contributed by atoms with Crippen LogP contribution in [0.25, 0.3) is 0 Å². The number of nitro benzene ring substituents is 1. The molecule has 0 atom stereocenters. The number of rotatable bonds is 5. The first kappa shape index (κ1) is 14.9. The quantitative estimate of drug-likeness (QED) is 0.670. The summed E-state index contributed by atoms with van der Waals surface area (Å²) in [5.41, 5.74) is -0.152. The lowest BCUT2D eigenvalue weighted by Gasteiger charge is -2.04. The third-order valence-corrected chi connectivity index (χ3v) is 3.00. The van der Waals surface area contributed by atoms with Crippen molar-refractivity contribution in [3.8, 4) is 5.75 Å². The van der Waals surface area contributed by atoms with Gasteiger partial charge in [0.1, 0.15) is 34.5 Å². The van der Waals surface area contributed by atoms with Crippen LogP contribution in [0.5, 0.6) is 5.75 Å². The normalized spacial score (nSPS) is 10.4. The Morgan fingerprint density at radius 1 is 1.48 bits per heavy atom. The molecule has 8 heteroatoms. The second-order valence-electron chi connectivity index (χ2n) is 4.15. The van der Waals surface area contributed by atoms with E-state index < -0.39 is 10.9 Å².